The van der Waals surface area contributed by atoms with Crippen LogP contribution in [0.3, 0.4) is 0 Å². The Morgan fingerprint density at radius 2 is 1.13 bits per heavy atom. The Balaban J connectivity index is 2.37. The van der Waals surface area contributed by atoms with E-state index in [1.165, 1.54) is 19.3 Å². The smallest absolute Gasteiger partial charge is 0.472 e. The van der Waals surface area contributed by atoms with Crippen LogP contribution >= 0.6 is 7.82 Å². The second kappa shape index (κ2) is 38.1. The number of carbonyl (C=O) groups excluding carboxylic acids is 2. The van der Waals surface area contributed by atoms with Crippen LogP contribution in [0.1, 0.15) is 142 Å². The Morgan fingerprint density at radius 1 is 0.623 bits per heavy atom. The Hall–Kier alpha value is -3.64. The molecule has 344 valence electrons. The van der Waals surface area contributed by atoms with E-state index in [1.54, 1.807) is 0 Å². The largest absolute Gasteiger partial charge is 0.480 e. The molecule has 0 aromatic heterocycles. The highest BCUT2D eigenvalue weighted by Crippen LogP contribution is 2.43. The van der Waals surface area contributed by atoms with Gasteiger partial charge < -0.3 is 29.9 Å². The quantitative estimate of drug-likeness (QED) is 0.0175. The molecule has 0 saturated carbocycles. The zero-order chi connectivity index (χ0) is 44.7. The highest BCUT2D eigenvalue weighted by atomic mass is 31.2. The Labute approximate surface area is 366 Å². The second-order valence-corrected chi connectivity index (χ2v) is 16.3. The first-order chi connectivity index (χ1) is 29.6. The van der Waals surface area contributed by atoms with Gasteiger partial charge in [0, 0.05) is 12.8 Å². The maximum atomic E-state index is 12.7. The number of rotatable bonds is 39. The molecular formula is C48H76NO11P. The Morgan fingerprint density at radius 3 is 1.69 bits per heavy atom. The van der Waals surface area contributed by atoms with Crippen LogP contribution in [0, 0.1) is 0 Å². The molecule has 0 aromatic carbocycles. The molecule has 1 aliphatic rings. The third-order valence-corrected chi connectivity index (χ3v) is 10.2. The van der Waals surface area contributed by atoms with Gasteiger partial charge in [-0.1, -0.05) is 130 Å². The molecule has 0 radical (unpaired) electrons. The molecule has 0 aliphatic carbocycles. The van der Waals surface area contributed by atoms with Gasteiger partial charge in [0.2, 0.25) is 0 Å². The van der Waals surface area contributed by atoms with Crippen LogP contribution in [0.5, 0.6) is 0 Å². The van der Waals surface area contributed by atoms with E-state index in [1.807, 2.05) is 0 Å². The maximum Gasteiger partial charge on any atom is 0.472 e. The van der Waals surface area contributed by atoms with Crippen molar-refractivity contribution in [1.29, 1.82) is 0 Å². The van der Waals surface area contributed by atoms with Crippen molar-refractivity contribution in [2.45, 2.75) is 167 Å². The number of unbranched alkanes of at least 4 members (excludes halogenated alkanes) is 6. The van der Waals surface area contributed by atoms with Gasteiger partial charge in [-0.2, -0.15) is 0 Å². The minimum Gasteiger partial charge on any atom is -0.480 e. The summed E-state index contributed by atoms with van der Waals surface area (Å²) >= 11 is 0. The van der Waals surface area contributed by atoms with Crippen LogP contribution in [0.2, 0.25) is 0 Å². The number of ether oxygens (including phenoxy) is 3. The van der Waals surface area contributed by atoms with E-state index in [2.05, 4.69) is 116 Å². The molecule has 1 rings (SSSR count). The third-order valence-electron chi connectivity index (χ3n) is 9.24. The van der Waals surface area contributed by atoms with Crippen molar-refractivity contribution < 1.29 is 52.2 Å². The molecule has 5 atom stereocenters. The summed E-state index contributed by atoms with van der Waals surface area (Å²) in [5, 5.41) is 8.91. The van der Waals surface area contributed by atoms with Crippen molar-refractivity contribution in [1.82, 2.24) is 0 Å². The number of aliphatic carboxylic acids is 1. The number of hydrogen-bond acceptors (Lipinski definition) is 10. The summed E-state index contributed by atoms with van der Waals surface area (Å²) in [6, 6.07) is -1.54. The van der Waals surface area contributed by atoms with E-state index in [4.69, 9.17) is 29.6 Å². The molecule has 3 unspecified atom stereocenters. The number of phosphoric ester groups is 1. The number of phosphoric acid groups is 1. The van der Waals surface area contributed by atoms with E-state index in [9.17, 15) is 23.8 Å². The molecule has 61 heavy (non-hydrogen) atoms. The molecule has 1 aliphatic heterocycles. The average Bonchev–Trinajstić information content (AvgIpc) is 3.99. The van der Waals surface area contributed by atoms with Crippen molar-refractivity contribution in [3.05, 3.63) is 97.2 Å². The summed E-state index contributed by atoms with van der Waals surface area (Å²) in [4.78, 5) is 46.1. The standard InChI is InChI=1S/C48H76NO11P/c1-3-5-7-9-11-13-15-17-18-19-20-21-22-23-25-27-29-31-33-37-47(51)59-42(40-57-61(54,55)58-41-43(49)48(52)53)39-56-46(50)38-34-36-45-44(60-45)35-32-30-28-26-24-16-14-12-10-8-6-4-2/h5,7,11-14,17-18,20-21,23-26,30,32,42-45H,3-4,6,8-10,15-16,19,22,27-29,31,33-41,49H2,1-2H3,(H,52,53)(H,54,55)/b7-5-,13-11-,14-12-,18-17-,21-20-,25-23-,26-24-,32-30-/t42-,43+,44?,45?/m1/s1. The fourth-order valence-electron chi connectivity index (χ4n) is 5.65. The monoisotopic (exact) mass is 874 g/mol. The summed E-state index contributed by atoms with van der Waals surface area (Å²) in [6.07, 6.45) is 50.6. The Kier molecular flexibility index (Phi) is 34.6. The van der Waals surface area contributed by atoms with Crippen molar-refractivity contribution in [3.63, 3.8) is 0 Å². The van der Waals surface area contributed by atoms with Crippen LogP contribution in [-0.2, 0) is 42.2 Å². The zero-order valence-corrected chi connectivity index (χ0v) is 37.8. The van der Waals surface area contributed by atoms with Gasteiger partial charge >= 0.3 is 25.7 Å². The van der Waals surface area contributed by atoms with E-state index in [0.29, 0.717) is 19.3 Å². The molecule has 0 bridgehead atoms. The van der Waals surface area contributed by atoms with Crippen LogP contribution in [0.4, 0.5) is 0 Å². The molecule has 1 heterocycles. The number of epoxide rings is 1. The van der Waals surface area contributed by atoms with Crippen LogP contribution in [0.25, 0.3) is 0 Å². The SMILES string of the molecule is CC/C=C\C/C=C\C/C=C\C/C=C\C/C=C\CCCCCC(=O)O[C@H](COC(=O)CCCC1OC1C/C=C\C/C=C\C/C=C\CCCCC)COP(=O)(O)OC[C@H](N)C(=O)O. The Bertz CT molecular complexity index is 1460. The minimum atomic E-state index is -4.76. The van der Waals surface area contributed by atoms with Gasteiger partial charge in [0.1, 0.15) is 12.6 Å². The van der Waals surface area contributed by atoms with E-state index < -0.39 is 57.7 Å². The lowest BCUT2D eigenvalue weighted by Crippen LogP contribution is -2.34. The van der Waals surface area contributed by atoms with Gasteiger partial charge in [-0.15, -0.1) is 0 Å². The molecule has 1 saturated heterocycles. The molecular weight excluding hydrogens is 797 g/mol. The predicted molar refractivity (Wildman–Crippen MR) is 244 cm³/mol. The predicted octanol–water partition coefficient (Wildman–Crippen LogP) is 11.0. The number of carboxylic acids is 1. The highest BCUT2D eigenvalue weighted by Gasteiger charge is 2.36. The number of hydrogen-bond donors (Lipinski definition) is 3. The first-order valence-electron chi connectivity index (χ1n) is 22.4. The van der Waals surface area contributed by atoms with Crippen LogP contribution in [0.15, 0.2) is 97.2 Å². The van der Waals surface area contributed by atoms with Crippen molar-refractivity contribution in [2.24, 2.45) is 5.73 Å². The second-order valence-electron chi connectivity index (χ2n) is 14.8. The number of allylic oxidation sites excluding steroid dienone is 15. The summed E-state index contributed by atoms with van der Waals surface area (Å²) in [7, 11) is -4.76. The first kappa shape index (κ1) is 55.4. The van der Waals surface area contributed by atoms with E-state index in [0.717, 1.165) is 77.0 Å². The maximum absolute atomic E-state index is 12.7. The van der Waals surface area contributed by atoms with Crippen molar-refractivity contribution >= 4 is 25.7 Å². The number of carboxylic acid groups (broad SMARTS) is 1. The average molecular weight is 874 g/mol. The van der Waals surface area contributed by atoms with Crippen LogP contribution in [-0.4, -0.2) is 72.1 Å². The molecule has 12 nitrogen and oxygen atoms in total. The molecule has 0 amide bonds. The zero-order valence-electron chi connectivity index (χ0n) is 36.9. The van der Waals surface area contributed by atoms with E-state index in [-0.39, 0.29) is 25.0 Å². The van der Waals surface area contributed by atoms with Crippen LogP contribution < -0.4 is 5.73 Å². The lowest BCUT2D eigenvalue weighted by molar-refractivity contribution is -0.161. The van der Waals surface area contributed by atoms with Gasteiger partial charge in [0.25, 0.3) is 0 Å². The van der Waals surface area contributed by atoms with Gasteiger partial charge in [-0.25, -0.2) is 4.57 Å². The van der Waals surface area contributed by atoms with Gasteiger partial charge in [-0.05, 0) is 96.3 Å². The third kappa shape index (κ3) is 35.6. The first-order valence-corrected chi connectivity index (χ1v) is 23.9. The summed E-state index contributed by atoms with van der Waals surface area (Å²) in [6.45, 7) is 2.53. The van der Waals surface area contributed by atoms with E-state index >= 15 is 0 Å². The van der Waals surface area contributed by atoms with Gasteiger partial charge in [0.15, 0.2) is 6.10 Å². The number of carbonyl (C=O) groups is 3. The number of esters is 2. The van der Waals surface area contributed by atoms with Gasteiger partial charge in [-0.3, -0.25) is 23.4 Å². The molecule has 0 spiro atoms. The van der Waals surface area contributed by atoms with Crippen molar-refractivity contribution in [2.75, 3.05) is 19.8 Å². The molecule has 4 N–H and O–H groups in total. The molecule has 1 fully saturated rings. The summed E-state index contributed by atoms with van der Waals surface area (Å²) in [5.41, 5.74) is 5.34. The highest BCUT2D eigenvalue weighted by molar-refractivity contribution is 7.47. The lowest BCUT2D eigenvalue weighted by Gasteiger charge is -2.20. The molecule has 0 aromatic rings. The van der Waals surface area contributed by atoms with Crippen molar-refractivity contribution in [3.8, 4) is 0 Å². The fourth-order valence-corrected chi connectivity index (χ4v) is 6.42. The fraction of sp³-hybridized carbons (Fsp3) is 0.604. The number of nitrogens with two attached hydrogens (primary N) is 1. The lowest BCUT2D eigenvalue weighted by atomic mass is 10.1. The summed E-state index contributed by atoms with van der Waals surface area (Å²) < 4.78 is 38.4. The minimum absolute atomic E-state index is 0.0907. The molecule has 13 heteroatoms. The summed E-state index contributed by atoms with van der Waals surface area (Å²) in [5.74, 6) is -2.52. The topological polar surface area (TPSA) is 184 Å². The van der Waals surface area contributed by atoms with Gasteiger partial charge in [0.05, 0.1) is 25.4 Å². The normalized spacial score (nSPS) is 17.9.